The van der Waals surface area contributed by atoms with Gasteiger partial charge in [0, 0.05) is 0 Å². The standard InChI is InChI=1S/C13H13F4IO.C11H7F4IO2/c1-4-12(14,15)13(16,17)18-10-8-6-5-7-9(10)11(2,3)19-18;1-2-10(12,13)11(14,15)16-8-6-4-3-5-7(8)9(17)18-16/h4-8H,1H2,2-3H3;2-6H,1H2. The molecule has 0 amide bonds. The van der Waals surface area contributed by atoms with Gasteiger partial charge in [0.15, 0.2) is 0 Å². The minimum absolute atomic E-state index is 0.00176. The Morgan fingerprint density at radius 2 is 1.22 bits per heavy atom. The van der Waals surface area contributed by atoms with Gasteiger partial charge in [-0.1, -0.05) is 0 Å². The Hall–Kier alpha value is -1.75. The number of carbonyl (C=O) groups is 1. The van der Waals surface area contributed by atoms with Crippen LogP contribution in [-0.4, -0.2) is 25.7 Å². The second-order valence-electron chi connectivity index (χ2n) is 8.06. The van der Waals surface area contributed by atoms with E-state index in [1.165, 1.54) is 30.3 Å². The van der Waals surface area contributed by atoms with Crippen LogP contribution in [0.1, 0.15) is 29.8 Å². The van der Waals surface area contributed by atoms with E-state index in [0.29, 0.717) is 5.56 Å². The third-order valence-corrected chi connectivity index (χ3v) is 15.4. The van der Waals surface area contributed by atoms with Gasteiger partial charge in [-0.05, 0) is 0 Å². The molecule has 3 nitrogen and oxygen atoms in total. The van der Waals surface area contributed by atoms with Gasteiger partial charge in [0.05, 0.1) is 0 Å². The molecule has 13 heteroatoms. The summed E-state index contributed by atoms with van der Waals surface area (Å²) in [6.45, 7) is 8.73. The normalized spacial score (nSPS) is 18.8. The van der Waals surface area contributed by atoms with E-state index in [-0.39, 0.29) is 24.9 Å². The van der Waals surface area contributed by atoms with Gasteiger partial charge in [-0.2, -0.15) is 0 Å². The molecule has 0 N–H and O–H groups in total. The van der Waals surface area contributed by atoms with Crippen molar-refractivity contribution in [1.29, 1.82) is 0 Å². The topological polar surface area (TPSA) is 35.5 Å². The first-order chi connectivity index (χ1) is 16.9. The predicted octanol–water partition coefficient (Wildman–Crippen LogP) is 8.82. The number of halogens is 10. The molecule has 0 unspecified atom stereocenters. The molecule has 4 rings (SSSR count). The summed E-state index contributed by atoms with van der Waals surface area (Å²) in [6, 6.07) is 11.8. The third kappa shape index (κ3) is 5.14. The number of fused-ring (bicyclic) bond motifs is 2. The number of carbonyl (C=O) groups excluding carboxylic acids is 1. The van der Waals surface area contributed by atoms with E-state index in [2.05, 4.69) is 16.2 Å². The van der Waals surface area contributed by atoms with E-state index in [0.717, 1.165) is 0 Å². The Kier molecular flexibility index (Phi) is 8.13. The van der Waals surface area contributed by atoms with Crippen molar-refractivity contribution in [2.24, 2.45) is 0 Å². The van der Waals surface area contributed by atoms with Gasteiger partial charge in [-0.25, -0.2) is 0 Å². The first kappa shape index (κ1) is 29.8. The average Bonchev–Trinajstić information content (AvgIpc) is 3.34. The molecule has 37 heavy (non-hydrogen) atoms. The summed E-state index contributed by atoms with van der Waals surface area (Å²) in [4.78, 5) is 11.4. The van der Waals surface area contributed by atoms with Crippen molar-refractivity contribution in [3.8, 4) is 0 Å². The SMILES string of the molecule is C=CC(F)(F)C(F)(F)I1OC(=O)c2ccccc21.C=CC(F)(F)C(F)(F)I1OC(C)(C)c2ccccc21. The van der Waals surface area contributed by atoms with Crippen molar-refractivity contribution >= 4 is 46.4 Å². The number of rotatable bonds is 6. The Balaban J connectivity index is 0.000000206. The molecule has 0 radical (unpaired) electrons. The quantitative estimate of drug-likeness (QED) is 0.128. The third-order valence-electron chi connectivity index (χ3n) is 5.10. The van der Waals surface area contributed by atoms with E-state index in [4.69, 9.17) is 3.07 Å². The number of hydrogen-bond donors (Lipinski definition) is 0. The molecule has 0 bridgehead atoms. The summed E-state index contributed by atoms with van der Waals surface area (Å²) in [7, 11) is 0. The zero-order chi connectivity index (χ0) is 28.0. The fourth-order valence-corrected chi connectivity index (χ4v) is 12.7. The molecule has 0 aromatic heterocycles. The zero-order valence-corrected chi connectivity index (χ0v) is 23.5. The molecular weight excluding hydrogens is 742 g/mol. The number of allylic oxidation sites excluding steroid dienone is 2. The zero-order valence-electron chi connectivity index (χ0n) is 19.2. The van der Waals surface area contributed by atoms with Crippen LogP contribution in [-0.2, 0) is 11.7 Å². The molecule has 0 aliphatic carbocycles. The molecule has 0 spiro atoms. The fraction of sp³-hybridized carbons (Fsp3) is 0.292. The predicted molar refractivity (Wildman–Crippen MR) is 138 cm³/mol. The van der Waals surface area contributed by atoms with Crippen LogP contribution < -0.4 is 0 Å². The second-order valence-corrected chi connectivity index (χ2v) is 16.8. The summed E-state index contributed by atoms with van der Waals surface area (Å²) in [5.41, 5.74) is -0.441. The van der Waals surface area contributed by atoms with Crippen LogP contribution >= 0.6 is 40.5 Å². The van der Waals surface area contributed by atoms with E-state index in [1.807, 2.05) is 0 Å². The molecule has 0 saturated heterocycles. The number of benzene rings is 2. The first-order valence-corrected chi connectivity index (χ1v) is 16.3. The van der Waals surface area contributed by atoms with E-state index in [1.54, 1.807) is 32.0 Å². The van der Waals surface area contributed by atoms with E-state index in [9.17, 15) is 39.9 Å². The van der Waals surface area contributed by atoms with Crippen LogP contribution in [0, 0.1) is 7.14 Å². The Morgan fingerprint density at radius 3 is 1.76 bits per heavy atom. The summed E-state index contributed by atoms with van der Waals surface area (Å²) < 4.78 is 110. The summed E-state index contributed by atoms with van der Waals surface area (Å²) in [5.74, 6) is -9.61. The van der Waals surface area contributed by atoms with Crippen molar-refractivity contribution in [3.63, 3.8) is 0 Å². The molecule has 2 aliphatic rings. The molecular formula is C24H20F8I2O3. The Bertz CT molecular complexity index is 1220. The van der Waals surface area contributed by atoms with Gasteiger partial charge in [-0.15, -0.1) is 0 Å². The van der Waals surface area contributed by atoms with Gasteiger partial charge < -0.3 is 0 Å². The molecule has 2 heterocycles. The second kappa shape index (κ2) is 10.1. The van der Waals surface area contributed by atoms with Crippen LogP contribution in [0.5, 0.6) is 0 Å². The van der Waals surface area contributed by atoms with Crippen molar-refractivity contribution in [2.75, 3.05) is 0 Å². The van der Waals surface area contributed by atoms with Crippen molar-refractivity contribution < 1.29 is 46.1 Å². The van der Waals surface area contributed by atoms with Crippen LogP contribution in [0.25, 0.3) is 0 Å². The summed E-state index contributed by atoms with van der Waals surface area (Å²) in [5, 5.41) is 0. The van der Waals surface area contributed by atoms with Crippen molar-refractivity contribution in [3.05, 3.63) is 92.1 Å². The molecule has 0 atom stereocenters. The molecule has 0 fully saturated rings. The molecule has 204 valence electrons. The minimum atomic E-state index is -4.39. The van der Waals surface area contributed by atoms with Gasteiger partial charge in [0.2, 0.25) is 0 Å². The first-order valence-electron chi connectivity index (χ1n) is 10.2. The van der Waals surface area contributed by atoms with Crippen LogP contribution in [0.3, 0.4) is 0 Å². The van der Waals surface area contributed by atoms with Crippen LogP contribution in [0.2, 0.25) is 0 Å². The average molecular weight is 762 g/mol. The molecule has 0 saturated carbocycles. The molecule has 2 aromatic rings. The molecule has 2 aromatic carbocycles. The Labute approximate surface area is 222 Å². The fourth-order valence-electron chi connectivity index (χ4n) is 3.12. The van der Waals surface area contributed by atoms with E-state index < -0.39 is 71.7 Å². The maximum absolute atomic E-state index is 14.1. The summed E-state index contributed by atoms with van der Waals surface area (Å²) >= 11 is -7.92. The Morgan fingerprint density at radius 1 is 0.757 bits per heavy atom. The van der Waals surface area contributed by atoms with Gasteiger partial charge in [0.1, 0.15) is 0 Å². The van der Waals surface area contributed by atoms with Crippen LogP contribution in [0.4, 0.5) is 35.1 Å². The summed E-state index contributed by atoms with van der Waals surface area (Å²) in [6.07, 6.45) is -0.110. The van der Waals surface area contributed by atoms with Crippen molar-refractivity contribution in [2.45, 2.75) is 39.2 Å². The van der Waals surface area contributed by atoms with Gasteiger partial charge >= 0.3 is 224 Å². The van der Waals surface area contributed by atoms with Crippen molar-refractivity contribution in [1.82, 2.24) is 0 Å². The monoisotopic (exact) mass is 762 g/mol. The van der Waals surface area contributed by atoms with Crippen LogP contribution in [0.15, 0.2) is 73.8 Å². The van der Waals surface area contributed by atoms with Gasteiger partial charge in [0.25, 0.3) is 0 Å². The maximum atomic E-state index is 14.1. The van der Waals surface area contributed by atoms with E-state index >= 15 is 0 Å². The number of hydrogen-bond acceptors (Lipinski definition) is 3. The molecule has 2 aliphatic heterocycles. The number of alkyl halides is 10. The van der Waals surface area contributed by atoms with Gasteiger partial charge in [-0.3, -0.25) is 0 Å².